The van der Waals surface area contributed by atoms with E-state index in [0.717, 1.165) is 33.7 Å². The van der Waals surface area contributed by atoms with Crippen molar-refractivity contribution in [1.82, 2.24) is 0 Å². The van der Waals surface area contributed by atoms with Crippen LogP contribution in [0.5, 0.6) is 0 Å². The second-order valence-electron chi connectivity index (χ2n) is 1.50. The third-order valence-corrected chi connectivity index (χ3v) is 0.690. The topological polar surface area (TPSA) is 49.7 Å². The van der Waals surface area contributed by atoms with E-state index in [9.17, 15) is 0 Å². The van der Waals surface area contributed by atoms with Crippen LogP contribution in [-0.2, 0) is 30.9 Å². The minimum Gasteiger partial charge on any atom is -0.504 e. The number of rotatable bonds is 4. The normalized spacial score (nSPS) is 6.71. The molecule has 0 rings (SSSR count). The van der Waals surface area contributed by atoms with Gasteiger partial charge in [-0.1, -0.05) is 13.0 Å². The first-order chi connectivity index (χ1) is 5.91. The SMILES string of the molecule is CO.CO.[CH2-]CCOC=CCC.[CH3-].[Zr+2]. The van der Waals surface area contributed by atoms with E-state index >= 15 is 0 Å². The summed E-state index contributed by atoms with van der Waals surface area (Å²) in [6.45, 7) is 6.43. The fourth-order valence-corrected chi connectivity index (χ4v) is 0.316. The summed E-state index contributed by atoms with van der Waals surface area (Å²) in [6.07, 6.45) is 5.59. The summed E-state index contributed by atoms with van der Waals surface area (Å²) in [5.41, 5.74) is 0. The van der Waals surface area contributed by atoms with Gasteiger partial charge in [-0.25, -0.2) is 0 Å². The van der Waals surface area contributed by atoms with Crippen molar-refractivity contribution < 1.29 is 41.2 Å². The van der Waals surface area contributed by atoms with Crippen molar-refractivity contribution in [3.63, 3.8) is 0 Å². The van der Waals surface area contributed by atoms with Crippen LogP contribution in [0.25, 0.3) is 0 Å². The second-order valence-corrected chi connectivity index (χ2v) is 1.50. The van der Waals surface area contributed by atoms with Crippen molar-refractivity contribution in [3.05, 3.63) is 26.7 Å². The van der Waals surface area contributed by atoms with E-state index in [1.54, 1.807) is 6.26 Å². The molecule has 0 spiro atoms. The van der Waals surface area contributed by atoms with Crippen LogP contribution in [0.4, 0.5) is 0 Å². The number of allylic oxidation sites excluding steroid dienone is 1. The van der Waals surface area contributed by atoms with Crippen LogP contribution in [0.2, 0.25) is 0 Å². The van der Waals surface area contributed by atoms with Gasteiger partial charge < -0.3 is 29.3 Å². The molecule has 0 saturated carbocycles. The van der Waals surface area contributed by atoms with E-state index in [0.29, 0.717) is 0 Å². The third-order valence-electron chi connectivity index (χ3n) is 0.690. The molecule has 0 heterocycles. The van der Waals surface area contributed by atoms with Crippen molar-refractivity contribution in [2.24, 2.45) is 0 Å². The Labute approximate surface area is 108 Å². The Morgan fingerprint density at radius 1 is 1.21 bits per heavy atom. The molecular weight excluding hydrogens is 259 g/mol. The van der Waals surface area contributed by atoms with E-state index in [1.807, 2.05) is 6.08 Å². The van der Waals surface area contributed by atoms with Gasteiger partial charge in [0.05, 0.1) is 12.9 Å². The largest absolute Gasteiger partial charge is 2.00 e. The Kier molecular flexibility index (Phi) is 106. The molecule has 4 heteroatoms. The fraction of sp³-hybridized carbons (Fsp3) is 0.600. The second kappa shape index (κ2) is 50.5. The van der Waals surface area contributed by atoms with Gasteiger partial charge in [-0.3, -0.25) is 0 Å². The van der Waals surface area contributed by atoms with E-state index in [2.05, 4.69) is 13.8 Å². The maximum absolute atomic E-state index is 7.00. The van der Waals surface area contributed by atoms with Gasteiger partial charge >= 0.3 is 26.2 Å². The maximum Gasteiger partial charge on any atom is 2.00 e. The van der Waals surface area contributed by atoms with Gasteiger partial charge in [0.25, 0.3) is 0 Å². The maximum atomic E-state index is 7.00. The standard InChI is InChI=1S/C7H13O.2CH4O.CH3.Zr/c1-3-5-7-8-6-4-2;2*1-2;;/h5,7H,2-4,6H2,1H3;2*2H,1H3;1H3;/q-1;;;-1;+2. The molecule has 0 unspecified atom stereocenters. The zero-order valence-electron chi connectivity index (χ0n) is 9.79. The average Bonchev–Trinajstić information content (AvgIpc) is 2.19. The Balaban J connectivity index is -0.0000000400. The van der Waals surface area contributed by atoms with E-state index in [4.69, 9.17) is 14.9 Å². The predicted molar refractivity (Wildman–Crippen MR) is 58.1 cm³/mol. The molecule has 0 aliphatic heterocycles. The number of ether oxygens (including phenoxy) is 1. The van der Waals surface area contributed by atoms with Crippen molar-refractivity contribution in [2.75, 3.05) is 20.8 Å². The molecule has 0 atom stereocenters. The van der Waals surface area contributed by atoms with Crippen LogP contribution in [-0.4, -0.2) is 31.0 Å². The average molecular weight is 284 g/mol. The molecule has 0 amide bonds. The summed E-state index contributed by atoms with van der Waals surface area (Å²) in [6, 6.07) is 0. The molecule has 0 bridgehead atoms. The first-order valence-electron chi connectivity index (χ1n) is 3.87. The van der Waals surface area contributed by atoms with Gasteiger partial charge in [0.1, 0.15) is 0 Å². The van der Waals surface area contributed by atoms with Gasteiger partial charge in [0, 0.05) is 14.2 Å². The minimum absolute atomic E-state index is 0. The van der Waals surface area contributed by atoms with Gasteiger partial charge in [-0.05, 0) is 6.42 Å². The van der Waals surface area contributed by atoms with Crippen LogP contribution >= 0.6 is 0 Å². The molecule has 14 heavy (non-hydrogen) atoms. The molecule has 86 valence electrons. The monoisotopic (exact) mass is 282 g/mol. The Hall–Kier alpha value is 0.343. The summed E-state index contributed by atoms with van der Waals surface area (Å²) >= 11 is 0. The molecule has 3 nitrogen and oxygen atoms in total. The molecule has 0 aliphatic carbocycles. The zero-order valence-corrected chi connectivity index (χ0v) is 12.2. The minimum atomic E-state index is 0. The zero-order chi connectivity index (χ0) is 10.2. The van der Waals surface area contributed by atoms with Crippen molar-refractivity contribution in [3.8, 4) is 0 Å². The van der Waals surface area contributed by atoms with E-state index in [1.165, 1.54) is 0 Å². The summed E-state index contributed by atoms with van der Waals surface area (Å²) in [5, 5.41) is 14.0. The van der Waals surface area contributed by atoms with Crippen LogP contribution in [0.3, 0.4) is 0 Å². The molecule has 0 aromatic carbocycles. The smallest absolute Gasteiger partial charge is 0.504 e. The number of hydrogen-bond acceptors (Lipinski definition) is 3. The summed E-state index contributed by atoms with van der Waals surface area (Å²) in [5.74, 6) is 0. The van der Waals surface area contributed by atoms with Crippen molar-refractivity contribution in [1.29, 1.82) is 0 Å². The molecule has 0 saturated heterocycles. The van der Waals surface area contributed by atoms with Crippen LogP contribution in [0.1, 0.15) is 19.8 Å². The van der Waals surface area contributed by atoms with Crippen LogP contribution < -0.4 is 0 Å². The molecule has 2 N–H and O–H groups in total. The molecule has 0 aromatic rings. The summed E-state index contributed by atoms with van der Waals surface area (Å²) in [4.78, 5) is 0. The summed E-state index contributed by atoms with van der Waals surface area (Å²) in [7, 11) is 2.00. The van der Waals surface area contributed by atoms with Crippen molar-refractivity contribution >= 4 is 0 Å². The van der Waals surface area contributed by atoms with Gasteiger partial charge in [-0.2, -0.15) is 0 Å². The van der Waals surface area contributed by atoms with Crippen LogP contribution in [0.15, 0.2) is 12.3 Å². The van der Waals surface area contributed by atoms with Gasteiger partial charge in [0.2, 0.25) is 0 Å². The fourth-order valence-electron chi connectivity index (χ4n) is 0.316. The number of hydrogen-bond donors (Lipinski definition) is 2. The molecule has 0 fully saturated rings. The van der Waals surface area contributed by atoms with Gasteiger partial charge in [0.15, 0.2) is 0 Å². The molecule has 0 radical (unpaired) electrons. The van der Waals surface area contributed by atoms with E-state index in [-0.39, 0.29) is 33.6 Å². The number of aliphatic hydroxyl groups is 2. The first-order valence-corrected chi connectivity index (χ1v) is 3.87. The Morgan fingerprint density at radius 2 is 1.64 bits per heavy atom. The number of aliphatic hydroxyl groups excluding tert-OH is 2. The van der Waals surface area contributed by atoms with E-state index < -0.39 is 0 Å². The molecule has 0 aliphatic rings. The molecule has 0 aromatic heterocycles. The Morgan fingerprint density at radius 3 is 1.93 bits per heavy atom. The van der Waals surface area contributed by atoms with Crippen molar-refractivity contribution in [2.45, 2.75) is 19.8 Å². The van der Waals surface area contributed by atoms with Gasteiger partial charge in [-0.15, -0.1) is 6.42 Å². The third kappa shape index (κ3) is 55.6. The molecular formula is C10H24O3Zr. The predicted octanol–water partition coefficient (Wildman–Crippen LogP) is 1.82. The quantitative estimate of drug-likeness (QED) is 0.470. The summed E-state index contributed by atoms with van der Waals surface area (Å²) < 4.78 is 4.98. The Bertz CT molecular complexity index is 68.4. The first kappa shape index (κ1) is 29.3. The van der Waals surface area contributed by atoms with Crippen LogP contribution in [0, 0.1) is 14.4 Å².